The fourth-order valence-corrected chi connectivity index (χ4v) is 3.05. The number of fused-ring (bicyclic) bond motifs is 1. The first-order valence-electron chi connectivity index (χ1n) is 4.77. The van der Waals surface area contributed by atoms with Crippen molar-refractivity contribution in [3.63, 3.8) is 0 Å². The van der Waals surface area contributed by atoms with Crippen molar-refractivity contribution >= 4 is 16.3 Å². The van der Waals surface area contributed by atoms with E-state index in [4.69, 9.17) is 5.73 Å². The van der Waals surface area contributed by atoms with E-state index in [0.717, 1.165) is 22.8 Å². The molecule has 1 fully saturated rings. The van der Waals surface area contributed by atoms with Crippen LogP contribution in [0.4, 0.5) is 0 Å². The molecule has 14 heavy (non-hydrogen) atoms. The maximum absolute atomic E-state index is 6.02. The molecule has 0 radical (unpaired) electrons. The minimum atomic E-state index is 0.277. The summed E-state index contributed by atoms with van der Waals surface area (Å²) in [6.45, 7) is 0. The molecule has 0 spiro atoms. The zero-order chi connectivity index (χ0) is 9.54. The zero-order valence-corrected chi connectivity index (χ0v) is 8.44. The number of hydrogen-bond acceptors (Lipinski definition) is 5. The van der Waals surface area contributed by atoms with Gasteiger partial charge in [-0.05, 0) is 12.8 Å². The Morgan fingerprint density at radius 3 is 3.14 bits per heavy atom. The summed E-state index contributed by atoms with van der Waals surface area (Å²) in [6.07, 6.45) is 5.12. The van der Waals surface area contributed by atoms with Crippen molar-refractivity contribution in [3.8, 4) is 0 Å². The van der Waals surface area contributed by atoms with E-state index in [1.54, 1.807) is 22.2 Å². The average Bonchev–Trinajstić information content (AvgIpc) is 2.75. The summed E-state index contributed by atoms with van der Waals surface area (Å²) < 4.78 is 1.73. The van der Waals surface area contributed by atoms with Gasteiger partial charge in [0, 0.05) is 12.0 Å². The second-order valence-electron chi connectivity index (χ2n) is 3.70. The van der Waals surface area contributed by atoms with Gasteiger partial charge in [-0.3, -0.25) is 0 Å². The molecule has 2 aromatic rings. The average molecular weight is 209 g/mol. The standard InChI is InChI=1S/C8H11N5S/c9-6-3-1-2-5(6)7-12-13-4-10-11-8(13)14-7/h4-6H,1-3,9H2. The van der Waals surface area contributed by atoms with Gasteiger partial charge >= 0.3 is 0 Å². The molecule has 6 heteroatoms. The second kappa shape index (κ2) is 2.99. The Labute approximate surface area is 84.9 Å². The lowest BCUT2D eigenvalue weighted by Gasteiger charge is -2.10. The van der Waals surface area contributed by atoms with E-state index in [1.165, 1.54) is 6.42 Å². The lowest BCUT2D eigenvalue weighted by atomic mass is 10.1. The third-order valence-corrected chi connectivity index (χ3v) is 3.83. The number of nitrogens with two attached hydrogens (primary N) is 1. The Morgan fingerprint density at radius 2 is 2.43 bits per heavy atom. The molecular formula is C8H11N5S. The van der Waals surface area contributed by atoms with Crippen molar-refractivity contribution in [1.29, 1.82) is 0 Å². The quantitative estimate of drug-likeness (QED) is 0.753. The van der Waals surface area contributed by atoms with Gasteiger partial charge in [-0.15, -0.1) is 10.2 Å². The van der Waals surface area contributed by atoms with E-state index in [-0.39, 0.29) is 6.04 Å². The minimum Gasteiger partial charge on any atom is -0.327 e. The summed E-state index contributed by atoms with van der Waals surface area (Å²) in [4.78, 5) is 0.860. The lowest BCUT2D eigenvalue weighted by molar-refractivity contribution is 0.601. The van der Waals surface area contributed by atoms with E-state index in [2.05, 4.69) is 15.3 Å². The van der Waals surface area contributed by atoms with Crippen LogP contribution < -0.4 is 5.73 Å². The Morgan fingerprint density at radius 1 is 1.50 bits per heavy atom. The van der Waals surface area contributed by atoms with E-state index in [0.29, 0.717) is 5.92 Å². The summed E-state index contributed by atoms with van der Waals surface area (Å²) in [6, 6.07) is 0.277. The summed E-state index contributed by atoms with van der Waals surface area (Å²) in [7, 11) is 0. The van der Waals surface area contributed by atoms with Crippen LogP contribution in [0.3, 0.4) is 0 Å². The first-order valence-corrected chi connectivity index (χ1v) is 5.58. The molecule has 2 aromatic heterocycles. The Balaban J connectivity index is 2.01. The highest BCUT2D eigenvalue weighted by molar-refractivity contribution is 7.16. The Bertz CT molecular complexity index is 419. The van der Waals surface area contributed by atoms with Crippen molar-refractivity contribution in [2.75, 3.05) is 0 Å². The van der Waals surface area contributed by atoms with Crippen molar-refractivity contribution in [2.24, 2.45) is 5.73 Å². The highest BCUT2D eigenvalue weighted by Gasteiger charge is 2.28. The predicted molar refractivity (Wildman–Crippen MR) is 53.2 cm³/mol. The summed E-state index contributed by atoms with van der Waals surface area (Å²) in [5, 5.41) is 13.3. The van der Waals surface area contributed by atoms with Gasteiger partial charge in [-0.25, -0.2) is 0 Å². The normalized spacial score (nSPS) is 27.5. The molecule has 0 bridgehead atoms. The molecule has 2 N–H and O–H groups in total. The van der Waals surface area contributed by atoms with Gasteiger partial charge in [0.25, 0.3) is 0 Å². The molecule has 2 heterocycles. The second-order valence-corrected chi connectivity index (χ2v) is 4.69. The molecule has 1 aliphatic rings. The SMILES string of the molecule is NC1CCCC1c1nn2cnnc2s1. The van der Waals surface area contributed by atoms with Crippen LogP contribution in [-0.4, -0.2) is 25.9 Å². The molecule has 0 aromatic carbocycles. The molecule has 2 atom stereocenters. The van der Waals surface area contributed by atoms with E-state index in [1.807, 2.05) is 0 Å². The lowest BCUT2D eigenvalue weighted by Crippen LogP contribution is -2.22. The zero-order valence-electron chi connectivity index (χ0n) is 7.63. The van der Waals surface area contributed by atoms with Crippen molar-refractivity contribution in [2.45, 2.75) is 31.2 Å². The van der Waals surface area contributed by atoms with Gasteiger partial charge in [-0.2, -0.15) is 9.61 Å². The van der Waals surface area contributed by atoms with Crippen molar-refractivity contribution < 1.29 is 0 Å². The highest BCUT2D eigenvalue weighted by atomic mass is 32.1. The molecule has 5 nitrogen and oxygen atoms in total. The minimum absolute atomic E-state index is 0.277. The van der Waals surface area contributed by atoms with Gasteiger partial charge in [0.2, 0.25) is 4.96 Å². The summed E-state index contributed by atoms with van der Waals surface area (Å²) in [5.41, 5.74) is 6.02. The van der Waals surface area contributed by atoms with Gasteiger partial charge in [0.1, 0.15) is 11.3 Å². The van der Waals surface area contributed by atoms with Crippen molar-refractivity contribution in [3.05, 3.63) is 11.3 Å². The topological polar surface area (TPSA) is 69.1 Å². The molecule has 1 saturated carbocycles. The van der Waals surface area contributed by atoms with Crippen LogP contribution in [0.25, 0.3) is 4.96 Å². The van der Waals surface area contributed by atoms with E-state index in [9.17, 15) is 0 Å². The largest absolute Gasteiger partial charge is 0.327 e. The molecular weight excluding hydrogens is 198 g/mol. The van der Waals surface area contributed by atoms with Crippen LogP contribution in [0.2, 0.25) is 0 Å². The highest BCUT2D eigenvalue weighted by Crippen LogP contribution is 2.35. The summed E-state index contributed by atoms with van der Waals surface area (Å²) >= 11 is 1.60. The number of hydrogen-bond donors (Lipinski definition) is 1. The smallest absolute Gasteiger partial charge is 0.234 e. The number of aromatic nitrogens is 4. The Kier molecular flexibility index (Phi) is 1.78. The maximum atomic E-state index is 6.02. The number of rotatable bonds is 1. The predicted octanol–water partition coefficient (Wildman–Crippen LogP) is 0.781. The van der Waals surface area contributed by atoms with Crippen LogP contribution in [-0.2, 0) is 0 Å². The van der Waals surface area contributed by atoms with Gasteiger partial charge in [0.05, 0.1) is 0 Å². The third-order valence-electron chi connectivity index (χ3n) is 2.79. The first kappa shape index (κ1) is 8.31. The molecule has 1 aliphatic carbocycles. The van der Waals surface area contributed by atoms with Crippen LogP contribution in [0.15, 0.2) is 6.33 Å². The molecule has 0 aliphatic heterocycles. The third kappa shape index (κ3) is 1.14. The molecule has 2 unspecified atom stereocenters. The first-order chi connectivity index (χ1) is 6.84. The fraction of sp³-hybridized carbons (Fsp3) is 0.625. The van der Waals surface area contributed by atoms with Crippen LogP contribution in [0.5, 0.6) is 0 Å². The Hall–Kier alpha value is -1.01. The summed E-state index contributed by atoms with van der Waals surface area (Å²) in [5.74, 6) is 0.432. The van der Waals surface area contributed by atoms with Crippen LogP contribution in [0.1, 0.15) is 30.2 Å². The number of nitrogens with zero attached hydrogens (tertiary/aromatic N) is 4. The molecule has 74 valence electrons. The van der Waals surface area contributed by atoms with Gasteiger partial charge < -0.3 is 5.73 Å². The van der Waals surface area contributed by atoms with Gasteiger partial charge in [0.15, 0.2) is 0 Å². The maximum Gasteiger partial charge on any atom is 0.234 e. The monoisotopic (exact) mass is 209 g/mol. The van der Waals surface area contributed by atoms with Crippen LogP contribution in [0, 0.1) is 0 Å². The van der Waals surface area contributed by atoms with E-state index >= 15 is 0 Å². The molecule has 3 rings (SSSR count). The van der Waals surface area contributed by atoms with Crippen LogP contribution >= 0.6 is 11.3 Å². The van der Waals surface area contributed by atoms with Gasteiger partial charge in [-0.1, -0.05) is 17.8 Å². The molecule has 0 amide bonds. The molecule has 0 saturated heterocycles. The van der Waals surface area contributed by atoms with E-state index < -0.39 is 0 Å². The van der Waals surface area contributed by atoms with Crippen molar-refractivity contribution in [1.82, 2.24) is 19.8 Å². The fourth-order valence-electron chi connectivity index (χ4n) is 2.02.